The number of methoxy groups -OCH3 is 2. The monoisotopic (exact) mass is 518 g/mol. The van der Waals surface area contributed by atoms with Gasteiger partial charge in [-0.3, -0.25) is 4.90 Å². The van der Waals surface area contributed by atoms with Crippen LogP contribution >= 0.6 is 0 Å². The molecule has 1 N–H and O–H groups in total. The van der Waals surface area contributed by atoms with E-state index < -0.39 is 0 Å². The molecule has 2 aliphatic rings. The average Bonchev–Trinajstić information content (AvgIpc) is 2.94. The molecule has 2 aliphatic carbocycles. The minimum Gasteiger partial charge on any atom is -0.508 e. The van der Waals surface area contributed by atoms with Gasteiger partial charge in [0.1, 0.15) is 5.75 Å². The van der Waals surface area contributed by atoms with Crippen molar-refractivity contribution >= 4 is 0 Å². The highest BCUT2D eigenvalue weighted by molar-refractivity contribution is 5.38. The molecule has 0 aromatic heterocycles. The number of hydrogen-bond acceptors (Lipinski definition) is 5. The summed E-state index contributed by atoms with van der Waals surface area (Å²) >= 11 is 0. The topological polar surface area (TPSA) is 45.2 Å². The molecule has 2 unspecified atom stereocenters. The molecular weight excluding hydrogens is 472 g/mol. The van der Waals surface area contributed by atoms with Gasteiger partial charge in [0.25, 0.3) is 0 Å². The number of fused-ring (bicyclic) bond motifs is 1. The lowest BCUT2D eigenvalue weighted by Crippen LogP contribution is -2.44. The number of phenolic OH excluding ortho intramolecular Hbond substituents is 1. The number of phenols is 1. The summed E-state index contributed by atoms with van der Waals surface area (Å²) in [4.78, 5) is 4.98. The van der Waals surface area contributed by atoms with Gasteiger partial charge >= 0.3 is 0 Å². The molecule has 0 bridgehead atoms. The molecule has 0 saturated heterocycles. The molecule has 5 heteroatoms. The van der Waals surface area contributed by atoms with Gasteiger partial charge < -0.3 is 19.5 Å². The smallest absolute Gasteiger partial charge is 0.158 e. The Balaban J connectivity index is 1.52. The van der Waals surface area contributed by atoms with Crippen LogP contribution in [0.5, 0.6) is 5.75 Å². The van der Waals surface area contributed by atoms with Crippen molar-refractivity contribution in [1.29, 1.82) is 0 Å². The normalized spacial score (nSPS) is 21.2. The number of likely N-dealkylation sites (N-methyl/N-ethyl adjacent to an activating group) is 2. The largest absolute Gasteiger partial charge is 0.508 e. The zero-order valence-corrected chi connectivity index (χ0v) is 24.0. The van der Waals surface area contributed by atoms with E-state index in [0.717, 1.165) is 63.4 Å². The molecule has 2 aromatic carbocycles. The minimum atomic E-state index is 0.222. The van der Waals surface area contributed by atoms with E-state index in [1.165, 1.54) is 28.7 Å². The minimum absolute atomic E-state index is 0.222. The number of hydrogen-bond donors (Lipinski definition) is 1. The summed E-state index contributed by atoms with van der Waals surface area (Å²) in [5.41, 5.74) is 5.38. The summed E-state index contributed by atoms with van der Waals surface area (Å²) in [5.74, 6) is 2.83. The summed E-state index contributed by atoms with van der Waals surface area (Å²) in [5, 5.41) is 9.95. The van der Waals surface area contributed by atoms with Crippen molar-refractivity contribution in [3.8, 4) is 5.75 Å². The van der Waals surface area contributed by atoms with Crippen molar-refractivity contribution in [1.82, 2.24) is 9.80 Å². The number of ether oxygens (including phenoxy) is 2. The Hall–Kier alpha value is -2.76. The molecule has 3 atom stereocenters. The lowest BCUT2D eigenvalue weighted by Gasteiger charge is -2.41. The van der Waals surface area contributed by atoms with Gasteiger partial charge in [0.15, 0.2) is 11.5 Å². The summed E-state index contributed by atoms with van der Waals surface area (Å²) in [6, 6.07) is 15.3. The lowest BCUT2D eigenvalue weighted by atomic mass is 9.72. The Morgan fingerprint density at radius 3 is 2.29 bits per heavy atom. The van der Waals surface area contributed by atoms with E-state index in [4.69, 9.17) is 9.47 Å². The van der Waals surface area contributed by atoms with E-state index in [9.17, 15) is 5.11 Å². The standard InChI is InChI=1S/C33H46N2O3/c1-6-17-34(3)18-16-24-8-10-25(11-9-24)23-35(7-2)31-22-33(38-5)32(37-4)21-30(31)28-13-12-27-20-29(36)15-14-26(27)19-28/h8-11,14-15,20-22,28,30-31,36H,6-7,12-13,16-19,23H2,1-5H3/t28-,30?,31?/m1/s1. The third-order valence-corrected chi connectivity index (χ3v) is 8.37. The number of aromatic hydroxyl groups is 1. The predicted octanol–water partition coefficient (Wildman–Crippen LogP) is 5.96. The molecule has 0 heterocycles. The Labute approximate surface area is 229 Å². The zero-order chi connectivity index (χ0) is 27.1. The van der Waals surface area contributed by atoms with Crippen LogP contribution in [0, 0.1) is 11.8 Å². The second kappa shape index (κ2) is 13.3. The van der Waals surface area contributed by atoms with Gasteiger partial charge in [-0.25, -0.2) is 0 Å². The summed E-state index contributed by atoms with van der Waals surface area (Å²) in [6.45, 7) is 8.58. The first kappa shape index (κ1) is 28.3. The quantitative estimate of drug-likeness (QED) is 0.376. The molecule has 38 heavy (non-hydrogen) atoms. The van der Waals surface area contributed by atoms with Crippen LogP contribution in [0.25, 0.3) is 0 Å². The summed E-state index contributed by atoms with van der Waals surface area (Å²) < 4.78 is 11.5. The number of nitrogens with zero attached hydrogens (tertiary/aromatic N) is 2. The van der Waals surface area contributed by atoms with Crippen LogP contribution in [0.2, 0.25) is 0 Å². The molecule has 0 saturated carbocycles. The highest BCUT2D eigenvalue weighted by Gasteiger charge is 2.36. The lowest BCUT2D eigenvalue weighted by molar-refractivity contribution is 0.132. The van der Waals surface area contributed by atoms with Crippen molar-refractivity contribution in [2.75, 3.05) is 40.9 Å². The van der Waals surface area contributed by atoms with Crippen molar-refractivity contribution < 1.29 is 14.6 Å². The van der Waals surface area contributed by atoms with Crippen molar-refractivity contribution in [2.45, 2.75) is 58.5 Å². The van der Waals surface area contributed by atoms with E-state index in [-0.39, 0.29) is 6.04 Å². The number of aryl methyl sites for hydroxylation is 1. The Morgan fingerprint density at radius 2 is 1.61 bits per heavy atom. The highest BCUT2D eigenvalue weighted by atomic mass is 16.5. The van der Waals surface area contributed by atoms with Crippen LogP contribution < -0.4 is 0 Å². The van der Waals surface area contributed by atoms with E-state index in [1.54, 1.807) is 14.2 Å². The van der Waals surface area contributed by atoms with Gasteiger partial charge in [-0.1, -0.05) is 44.2 Å². The maximum absolute atomic E-state index is 9.95. The molecule has 0 fully saturated rings. The molecule has 2 aromatic rings. The first-order chi connectivity index (χ1) is 18.4. The van der Waals surface area contributed by atoms with Gasteiger partial charge in [0.2, 0.25) is 0 Å². The van der Waals surface area contributed by atoms with E-state index >= 15 is 0 Å². The second-order valence-corrected chi connectivity index (χ2v) is 10.9. The molecule has 0 amide bonds. The Bertz CT molecular complexity index is 1110. The Morgan fingerprint density at radius 1 is 0.895 bits per heavy atom. The first-order valence-electron chi connectivity index (χ1n) is 14.3. The fourth-order valence-electron chi connectivity index (χ4n) is 6.19. The van der Waals surface area contributed by atoms with E-state index in [2.05, 4.69) is 73.2 Å². The molecule has 0 radical (unpaired) electrons. The first-order valence-corrected chi connectivity index (χ1v) is 14.3. The van der Waals surface area contributed by atoms with Crippen LogP contribution in [-0.2, 0) is 35.3 Å². The SMILES string of the molecule is CCCN(C)CCc1ccc(CN(CC)C2C=C(OC)C(OC)=CC2[C@@H]2CCc3cc(O)ccc3C2)cc1. The van der Waals surface area contributed by atoms with E-state index in [1.807, 2.05) is 12.1 Å². The van der Waals surface area contributed by atoms with Gasteiger partial charge in [-0.15, -0.1) is 0 Å². The van der Waals surface area contributed by atoms with Crippen LogP contribution in [0.15, 0.2) is 66.1 Å². The number of rotatable bonds is 12. The van der Waals surface area contributed by atoms with Crippen LogP contribution in [-0.4, -0.2) is 61.8 Å². The van der Waals surface area contributed by atoms with Crippen LogP contribution in [0.1, 0.15) is 48.9 Å². The third-order valence-electron chi connectivity index (χ3n) is 8.37. The van der Waals surface area contributed by atoms with Gasteiger partial charge in [-0.2, -0.15) is 0 Å². The van der Waals surface area contributed by atoms with Crippen molar-refractivity contribution in [2.24, 2.45) is 11.8 Å². The molecule has 0 aliphatic heterocycles. The van der Waals surface area contributed by atoms with Crippen molar-refractivity contribution in [3.63, 3.8) is 0 Å². The van der Waals surface area contributed by atoms with E-state index in [0.29, 0.717) is 17.6 Å². The highest BCUT2D eigenvalue weighted by Crippen LogP contribution is 2.39. The van der Waals surface area contributed by atoms with Crippen molar-refractivity contribution in [3.05, 3.63) is 88.4 Å². The average molecular weight is 519 g/mol. The maximum atomic E-state index is 9.95. The van der Waals surface area contributed by atoms with Gasteiger partial charge in [0, 0.05) is 25.0 Å². The molecule has 0 spiro atoms. The molecule has 4 rings (SSSR count). The Kier molecular flexibility index (Phi) is 9.92. The van der Waals surface area contributed by atoms with Gasteiger partial charge in [0.05, 0.1) is 14.2 Å². The molecular formula is C33H46N2O3. The number of benzene rings is 2. The maximum Gasteiger partial charge on any atom is 0.158 e. The predicted molar refractivity (Wildman–Crippen MR) is 155 cm³/mol. The summed E-state index contributed by atoms with van der Waals surface area (Å²) in [6.07, 6.45) is 9.97. The molecule has 206 valence electrons. The van der Waals surface area contributed by atoms with Crippen LogP contribution in [0.4, 0.5) is 0 Å². The zero-order valence-electron chi connectivity index (χ0n) is 24.0. The fraction of sp³-hybridized carbons (Fsp3) is 0.515. The van der Waals surface area contributed by atoms with Gasteiger partial charge in [-0.05, 0) is 105 Å². The fourth-order valence-corrected chi connectivity index (χ4v) is 6.19. The summed E-state index contributed by atoms with van der Waals surface area (Å²) in [7, 11) is 5.66. The van der Waals surface area contributed by atoms with Crippen LogP contribution in [0.3, 0.4) is 0 Å². The third kappa shape index (κ3) is 6.81. The second-order valence-electron chi connectivity index (χ2n) is 10.9. The molecule has 5 nitrogen and oxygen atoms in total.